The quantitative estimate of drug-likeness (QED) is 0.563. The van der Waals surface area contributed by atoms with E-state index in [0.717, 1.165) is 18.4 Å². The molecule has 2 amide bonds. The zero-order chi connectivity index (χ0) is 25.2. The standard InChI is InChI=1S/C24H32N6O4S/c1-14(15-5-4-6-19(8-15)35(33,34)27(2)3)29-18-10-22(24(29)32)28(12-18)13-20(26)23(31)30-17(11-25)7-16-9-21(16)30/h4-6,8,14,16-18,20-22H,7,9-10,12-13,26H2,1-3H3/t14-,16-,17+,18?,20+,21+,22+/m1/s1. The highest BCUT2D eigenvalue weighted by Crippen LogP contribution is 2.48. The van der Waals surface area contributed by atoms with Crippen molar-refractivity contribution >= 4 is 21.8 Å². The third-order valence-electron chi connectivity index (χ3n) is 8.11. The van der Waals surface area contributed by atoms with Crippen molar-refractivity contribution in [2.24, 2.45) is 11.7 Å². The van der Waals surface area contributed by atoms with E-state index in [9.17, 15) is 23.3 Å². The van der Waals surface area contributed by atoms with E-state index in [1.165, 1.54) is 18.4 Å². The number of likely N-dealkylation sites (tertiary alicyclic amines) is 3. The summed E-state index contributed by atoms with van der Waals surface area (Å²) >= 11 is 0. The molecule has 5 rings (SSSR count). The molecule has 4 fully saturated rings. The highest BCUT2D eigenvalue weighted by molar-refractivity contribution is 7.89. The van der Waals surface area contributed by atoms with Crippen LogP contribution in [0.5, 0.6) is 0 Å². The fraction of sp³-hybridized carbons (Fsp3) is 0.625. The Kier molecular flexibility index (Phi) is 5.91. The van der Waals surface area contributed by atoms with Crippen LogP contribution in [0.4, 0.5) is 0 Å². The molecule has 1 aliphatic carbocycles. The number of hydrogen-bond donors (Lipinski definition) is 1. The minimum Gasteiger partial charge on any atom is -0.330 e. The topological polar surface area (TPSA) is 131 Å². The van der Waals surface area contributed by atoms with E-state index in [2.05, 4.69) is 6.07 Å². The monoisotopic (exact) mass is 500 g/mol. The van der Waals surface area contributed by atoms with Gasteiger partial charge in [-0.05, 0) is 49.8 Å². The fourth-order valence-corrected chi connectivity index (χ4v) is 7.07. The van der Waals surface area contributed by atoms with E-state index in [-0.39, 0.29) is 47.4 Å². The highest BCUT2D eigenvalue weighted by atomic mass is 32.2. The van der Waals surface area contributed by atoms with Crippen molar-refractivity contribution in [1.82, 2.24) is 19.0 Å². The van der Waals surface area contributed by atoms with Gasteiger partial charge in [-0.1, -0.05) is 12.1 Å². The van der Waals surface area contributed by atoms with Gasteiger partial charge in [0.2, 0.25) is 21.8 Å². The molecule has 7 atom stereocenters. The summed E-state index contributed by atoms with van der Waals surface area (Å²) in [6, 6.07) is 7.33. The number of carbonyl (C=O) groups is 2. The molecule has 188 valence electrons. The number of rotatable bonds is 7. The number of hydrogen-bond acceptors (Lipinski definition) is 7. The summed E-state index contributed by atoms with van der Waals surface area (Å²) in [7, 11) is -0.590. The molecule has 1 aromatic rings. The van der Waals surface area contributed by atoms with Crippen LogP contribution in [0.25, 0.3) is 0 Å². The van der Waals surface area contributed by atoms with Gasteiger partial charge in [0.25, 0.3) is 0 Å². The van der Waals surface area contributed by atoms with Gasteiger partial charge >= 0.3 is 0 Å². The number of piperidine rings is 1. The van der Waals surface area contributed by atoms with Crippen molar-refractivity contribution in [3.8, 4) is 6.07 Å². The van der Waals surface area contributed by atoms with Gasteiger partial charge in [-0.25, -0.2) is 12.7 Å². The number of piperazine rings is 1. The van der Waals surface area contributed by atoms with Gasteiger partial charge in [0.1, 0.15) is 6.04 Å². The smallest absolute Gasteiger partial charge is 0.242 e. The lowest BCUT2D eigenvalue weighted by atomic mass is 10.1. The van der Waals surface area contributed by atoms with Crippen molar-refractivity contribution < 1.29 is 18.0 Å². The highest BCUT2D eigenvalue weighted by Gasteiger charge is 2.56. The van der Waals surface area contributed by atoms with Gasteiger partial charge in [0.05, 0.1) is 29.1 Å². The minimum absolute atomic E-state index is 0.0207. The van der Waals surface area contributed by atoms with Gasteiger partial charge in [-0.3, -0.25) is 14.5 Å². The molecule has 3 heterocycles. The number of carbonyl (C=O) groups excluding carboxylic acids is 2. The summed E-state index contributed by atoms with van der Waals surface area (Å²) in [4.78, 5) is 32.1. The maximum atomic E-state index is 13.3. The number of benzene rings is 1. The number of nitrogens with two attached hydrogens (primary N) is 1. The summed E-state index contributed by atoms with van der Waals surface area (Å²) < 4.78 is 26.3. The maximum absolute atomic E-state index is 13.3. The summed E-state index contributed by atoms with van der Waals surface area (Å²) in [5.74, 6) is 0.218. The molecule has 0 spiro atoms. The maximum Gasteiger partial charge on any atom is 0.242 e. The third-order valence-corrected chi connectivity index (χ3v) is 9.92. The van der Waals surface area contributed by atoms with Crippen molar-refractivity contribution in [3.05, 3.63) is 29.8 Å². The van der Waals surface area contributed by atoms with Crippen LogP contribution in [-0.2, 0) is 19.6 Å². The first-order valence-electron chi connectivity index (χ1n) is 12.1. The SMILES string of the molecule is C[C@H](c1cccc(S(=O)(=O)N(C)C)c1)N1C(=O)[C@@H]2CC1CN2C[C@H](N)C(=O)N1[C@H](C#N)C[C@@H]2C[C@@H]21. The van der Waals surface area contributed by atoms with Gasteiger partial charge in [-0.2, -0.15) is 5.26 Å². The van der Waals surface area contributed by atoms with Crippen LogP contribution >= 0.6 is 0 Å². The van der Waals surface area contributed by atoms with E-state index in [4.69, 9.17) is 5.73 Å². The molecule has 1 aromatic carbocycles. The minimum atomic E-state index is -3.57. The first kappa shape index (κ1) is 24.2. The number of fused-ring (bicyclic) bond motifs is 3. The number of nitrogens with zero attached hydrogens (tertiary/aromatic N) is 5. The molecule has 4 aliphatic rings. The van der Waals surface area contributed by atoms with Gasteiger partial charge in [0, 0.05) is 39.3 Å². The summed E-state index contributed by atoms with van der Waals surface area (Å²) in [6.45, 7) is 2.82. The second kappa shape index (κ2) is 8.55. The van der Waals surface area contributed by atoms with E-state index in [0.29, 0.717) is 18.9 Å². The van der Waals surface area contributed by atoms with Gasteiger partial charge in [-0.15, -0.1) is 0 Å². The molecular formula is C24H32N6O4S. The lowest BCUT2D eigenvalue weighted by Gasteiger charge is -2.38. The Morgan fingerprint density at radius 2 is 2.03 bits per heavy atom. The van der Waals surface area contributed by atoms with Crippen molar-refractivity contribution in [1.29, 1.82) is 5.26 Å². The van der Waals surface area contributed by atoms with Crippen LogP contribution in [0.2, 0.25) is 0 Å². The molecule has 2 bridgehead atoms. The summed E-state index contributed by atoms with van der Waals surface area (Å²) in [5, 5.41) is 9.39. The third kappa shape index (κ3) is 3.93. The van der Waals surface area contributed by atoms with Crippen LogP contribution in [0, 0.1) is 17.2 Å². The molecule has 0 aromatic heterocycles. The second-order valence-electron chi connectivity index (χ2n) is 10.4. The average Bonchev–Trinajstić information content (AvgIpc) is 3.15. The Labute approximate surface area is 206 Å². The zero-order valence-corrected chi connectivity index (χ0v) is 21.1. The molecule has 2 N–H and O–H groups in total. The Morgan fingerprint density at radius 1 is 1.29 bits per heavy atom. The summed E-state index contributed by atoms with van der Waals surface area (Å²) in [5.41, 5.74) is 7.06. The molecule has 3 saturated heterocycles. The molecule has 1 saturated carbocycles. The molecule has 0 radical (unpaired) electrons. The lowest BCUT2D eigenvalue weighted by molar-refractivity contribution is -0.141. The van der Waals surface area contributed by atoms with E-state index in [1.54, 1.807) is 23.1 Å². The van der Waals surface area contributed by atoms with Crippen molar-refractivity contribution in [3.63, 3.8) is 0 Å². The Bertz CT molecular complexity index is 1200. The molecule has 10 nitrogen and oxygen atoms in total. The van der Waals surface area contributed by atoms with E-state index < -0.39 is 22.1 Å². The zero-order valence-electron chi connectivity index (χ0n) is 20.2. The Balaban J connectivity index is 1.25. The largest absolute Gasteiger partial charge is 0.330 e. The van der Waals surface area contributed by atoms with Crippen LogP contribution < -0.4 is 5.73 Å². The first-order chi connectivity index (χ1) is 16.5. The Hall–Kier alpha value is -2.52. The van der Waals surface area contributed by atoms with Crippen molar-refractivity contribution in [2.75, 3.05) is 27.2 Å². The number of amides is 2. The van der Waals surface area contributed by atoms with Crippen LogP contribution in [0.3, 0.4) is 0 Å². The van der Waals surface area contributed by atoms with Crippen LogP contribution in [0.15, 0.2) is 29.2 Å². The fourth-order valence-electron chi connectivity index (χ4n) is 6.12. The van der Waals surface area contributed by atoms with Crippen LogP contribution in [0.1, 0.15) is 37.8 Å². The van der Waals surface area contributed by atoms with Gasteiger partial charge < -0.3 is 15.5 Å². The summed E-state index contributed by atoms with van der Waals surface area (Å²) in [6.07, 6.45) is 2.35. The number of sulfonamides is 1. The molecule has 11 heteroatoms. The second-order valence-corrected chi connectivity index (χ2v) is 12.6. The predicted molar refractivity (Wildman–Crippen MR) is 127 cm³/mol. The first-order valence-corrected chi connectivity index (χ1v) is 13.5. The van der Waals surface area contributed by atoms with E-state index >= 15 is 0 Å². The Morgan fingerprint density at radius 3 is 2.69 bits per heavy atom. The molecule has 3 aliphatic heterocycles. The van der Waals surface area contributed by atoms with Gasteiger partial charge in [0.15, 0.2) is 0 Å². The lowest BCUT2D eigenvalue weighted by Crippen LogP contribution is -2.57. The molecular weight excluding hydrogens is 468 g/mol. The average molecular weight is 501 g/mol. The molecule has 35 heavy (non-hydrogen) atoms. The normalized spacial score (nSPS) is 31.5. The van der Waals surface area contributed by atoms with Crippen molar-refractivity contribution in [2.45, 2.75) is 67.3 Å². The van der Waals surface area contributed by atoms with Crippen LogP contribution in [-0.4, -0.2) is 96.6 Å². The molecule has 1 unspecified atom stereocenters. The predicted octanol–water partition coefficient (Wildman–Crippen LogP) is 0.123. The number of nitriles is 1. The van der Waals surface area contributed by atoms with E-state index in [1.807, 2.05) is 22.8 Å².